The van der Waals surface area contributed by atoms with Gasteiger partial charge in [0.25, 0.3) is 0 Å². The van der Waals surface area contributed by atoms with Crippen molar-refractivity contribution < 1.29 is 4.74 Å². The summed E-state index contributed by atoms with van der Waals surface area (Å²) in [6.07, 6.45) is 7.63. The van der Waals surface area contributed by atoms with Gasteiger partial charge in [0.2, 0.25) is 0 Å². The maximum Gasteiger partial charge on any atom is 0.160 e. The van der Waals surface area contributed by atoms with Crippen molar-refractivity contribution in [3.8, 4) is 0 Å². The van der Waals surface area contributed by atoms with Gasteiger partial charge in [-0.25, -0.2) is 4.98 Å². The van der Waals surface area contributed by atoms with E-state index in [1.165, 1.54) is 38.5 Å². The van der Waals surface area contributed by atoms with Crippen LogP contribution in [-0.4, -0.2) is 47.6 Å². The Morgan fingerprint density at radius 1 is 1.07 bits per heavy atom. The zero-order valence-corrected chi connectivity index (χ0v) is 17.9. The van der Waals surface area contributed by atoms with Crippen molar-refractivity contribution in [1.29, 1.82) is 0 Å². The van der Waals surface area contributed by atoms with Crippen molar-refractivity contribution >= 4 is 16.9 Å². The van der Waals surface area contributed by atoms with E-state index < -0.39 is 0 Å². The molecule has 2 fully saturated rings. The summed E-state index contributed by atoms with van der Waals surface area (Å²) in [5.41, 5.74) is 1.97. The normalized spacial score (nSPS) is 18.6. The molecule has 28 heavy (non-hydrogen) atoms. The molecule has 4 rings (SSSR count). The Balaban J connectivity index is 0.00000109. The van der Waals surface area contributed by atoms with Crippen LogP contribution in [0.5, 0.6) is 0 Å². The summed E-state index contributed by atoms with van der Waals surface area (Å²) in [6.45, 7) is 9.86. The van der Waals surface area contributed by atoms with Crippen LogP contribution < -0.4 is 10.2 Å². The van der Waals surface area contributed by atoms with Crippen molar-refractivity contribution in [2.45, 2.75) is 59.0 Å². The Morgan fingerprint density at radius 3 is 2.50 bits per heavy atom. The molecule has 2 aromatic rings. The third-order valence-corrected chi connectivity index (χ3v) is 5.73. The zero-order chi connectivity index (χ0) is 19.8. The van der Waals surface area contributed by atoms with E-state index >= 15 is 0 Å². The molecule has 0 radical (unpaired) electrons. The first-order chi connectivity index (χ1) is 13.8. The smallest absolute Gasteiger partial charge is 0.160 e. The maximum absolute atomic E-state index is 6.00. The minimum atomic E-state index is 0.575. The highest BCUT2D eigenvalue weighted by atomic mass is 16.5. The second-order valence-corrected chi connectivity index (χ2v) is 7.72. The molecule has 4 heterocycles. The van der Waals surface area contributed by atoms with Gasteiger partial charge in [-0.15, -0.1) is 0 Å². The topological polar surface area (TPSA) is 55.2 Å². The minimum Gasteiger partial charge on any atom is -0.375 e. The third-order valence-electron chi connectivity index (χ3n) is 5.73. The Morgan fingerprint density at radius 2 is 1.79 bits per heavy atom. The molecule has 1 N–H and O–H groups in total. The average Bonchev–Trinajstić information content (AvgIpc) is 2.92. The molecule has 0 bridgehead atoms. The highest BCUT2D eigenvalue weighted by molar-refractivity contribution is 5.80. The molecule has 6 nitrogen and oxygen atoms in total. The van der Waals surface area contributed by atoms with Gasteiger partial charge in [0.15, 0.2) is 5.65 Å². The molecule has 0 aliphatic carbocycles. The van der Waals surface area contributed by atoms with Crippen LogP contribution in [0.1, 0.15) is 58.1 Å². The lowest BCUT2D eigenvalue weighted by Gasteiger charge is -2.22. The largest absolute Gasteiger partial charge is 0.375 e. The Labute approximate surface area is 169 Å². The van der Waals surface area contributed by atoms with Crippen LogP contribution in [0.4, 0.5) is 5.82 Å². The summed E-state index contributed by atoms with van der Waals surface area (Å²) in [6, 6.07) is 4.34. The SMILES string of the molecule is CC.Cn1nc(COCC2CCNCC2)c2ccc(N3CCCCCC3)nc21. The molecule has 0 spiro atoms. The Bertz CT molecular complexity index is 715. The van der Waals surface area contributed by atoms with E-state index in [-0.39, 0.29) is 0 Å². The van der Waals surface area contributed by atoms with E-state index in [1.807, 2.05) is 25.6 Å². The number of anilines is 1. The predicted octanol–water partition coefficient (Wildman–Crippen LogP) is 3.89. The van der Waals surface area contributed by atoms with E-state index in [2.05, 4.69) is 27.4 Å². The Hall–Kier alpha value is -1.66. The van der Waals surface area contributed by atoms with E-state index in [9.17, 15) is 0 Å². The van der Waals surface area contributed by atoms with E-state index in [1.54, 1.807) is 0 Å². The third kappa shape index (κ3) is 5.23. The molecular weight excluding hydrogens is 350 g/mol. The molecule has 0 unspecified atom stereocenters. The number of nitrogens with zero attached hydrogens (tertiary/aromatic N) is 4. The number of aromatic nitrogens is 3. The number of aryl methyl sites for hydroxylation is 1. The second-order valence-electron chi connectivity index (χ2n) is 7.72. The Kier molecular flexibility index (Phi) is 8.10. The summed E-state index contributed by atoms with van der Waals surface area (Å²) in [5, 5.41) is 9.20. The first-order valence-corrected chi connectivity index (χ1v) is 11.2. The fourth-order valence-electron chi connectivity index (χ4n) is 4.15. The number of rotatable bonds is 5. The number of piperidine rings is 1. The zero-order valence-electron chi connectivity index (χ0n) is 17.9. The van der Waals surface area contributed by atoms with Crippen LogP contribution in [-0.2, 0) is 18.4 Å². The van der Waals surface area contributed by atoms with Crippen LogP contribution >= 0.6 is 0 Å². The fraction of sp³-hybridized carbons (Fsp3) is 0.727. The molecule has 0 amide bonds. The average molecular weight is 388 g/mol. The van der Waals surface area contributed by atoms with Gasteiger partial charge < -0.3 is 15.0 Å². The molecule has 2 aliphatic heterocycles. The van der Waals surface area contributed by atoms with Crippen LogP contribution in [0.3, 0.4) is 0 Å². The summed E-state index contributed by atoms with van der Waals surface area (Å²) in [7, 11) is 1.98. The standard InChI is InChI=1S/C20H31N5O.C2H6/c1-24-20-17(6-7-19(22-20)25-12-4-2-3-5-13-25)18(23-24)15-26-14-16-8-10-21-11-9-16;1-2/h6-7,16,21H,2-5,8-15H2,1H3;1-2H3. The molecule has 2 aliphatic rings. The quantitative estimate of drug-likeness (QED) is 0.843. The number of hydrogen-bond donors (Lipinski definition) is 1. The molecule has 6 heteroatoms. The van der Waals surface area contributed by atoms with E-state index in [4.69, 9.17) is 9.72 Å². The summed E-state index contributed by atoms with van der Waals surface area (Å²) in [4.78, 5) is 7.34. The van der Waals surface area contributed by atoms with Crippen molar-refractivity contribution in [2.24, 2.45) is 13.0 Å². The first-order valence-electron chi connectivity index (χ1n) is 11.2. The van der Waals surface area contributed by atoms with Gasteiger partial charge in [0, 0.05) is 25.5 Å². The summed E-state index contributed by atoms with van der Waals surface area (Å²) >= 11 is 0. The predicted molar refractivity (Wildman–Crippen MR) is 116 cm³/mol. The van der Waals surface area contributed by atoms with Crippen molar-refractivity contribution in [3.63, 3.8) is 0 Å². The van der Waals surface area contributed by atoms with Gasteiger partial charge >= 0.3 is 0 Å². The number of fused-ring (bicyclic) bond motifs is 1. The van der Waals surface area contributed by atoms with Crippen LogP contribution in [0.15, 0.2) is 12.1 Å². The first kappa shape index (κ1) is 21.1. The van der Waals surface area contributed by atoms with Gasteiger partial charge in [-0.1, -0.05) is 26.7 Å². The molecule has 156 valence electrons. The second kappa shape index (κ2) is 10.8. The molecule has 0 atom stereocenters. The highest BCUT2D eigenvalue weighted by Crippen LogP contribution is 2.24. The number of pyridine rings is 1. The molecule has 0 saturated carbocycles. The van der Waals surface area contributed by atoms with Gasteiger partial charge in [0.1, 0.15) is 5.82 Å². The van der Waals surface area contributed by atoms with Crippen molar-refractivity contribution in [2.75, 3.05) is 37.7 Å². The number of nitrogens with one attached hydrogen (secondary N) is 1. The molecular formula is C22H37N5O. The van der Waals surface area contributed by atoms with Crippen molar-refractivity contribution in [1.82, 2.24) is 20.1 Å². The maximum atomic E-state index is 6.00. The monoisotopic (exact) mass is 387 g/mol. The van der Waals surface area contributed by atoms with Crippen LogP contribution in [0.25, 0.3) is 11.0 Å². The van der Waals surface area contributed by atoms with Gasteiger partial charge in [-0.05, 0) is 56.8 Å². The van der Waals surface area contributed by atoms with Crippen LogP contribution in [0.2, 0.25) is 0 Å². The van der Waals surface area contributed by atoms with Gasteiger partial charge in [-0.2, -0.15) is 5.10 Å². The number of ether oxygens (including phenoxy) is 1. The lowest BCUT2D eigenvalue weighted by atomic mass is 9.99. The minimum absolute atomic E-state index is 0.575. The van der Waals surface area contributed by atoms with E-state index in [0.717, 1.165) is 55.3 Å². The fourth-order valence-corrected chi connectivity index (χ4v) is 4.15. The lowest BCUT2D eigenvalue weighted by molar-refractivity contribution is 0.0747. The lowest BCUT2D eigenvalue weighted by Crippen LogP contribution is -2.29. The summed E-state index contributed by atoms with van der Waals surface area (Å²) < 4.78 is 7.90. The molecule has 2 saturated heterocycles. The molecule has 2 aromatic heterocycles. The summed E-state index contributed by atoms with van der Waals surface area (Å²) in [5.74, 6) is 1.77. The van der Waals surface area contributed by atoms with E-state index in [0.29, 0.717) is 12.5 Å². The highest BCUT2D eigenvalue weighted by Gasteiger charge is 2.17. The van der Waals surface area contributed by atoms with Gasteiger partial charge in [-0.3, -0.25) is 4.68 Å². The van der Waals surface area contributed by atoms with Crippen LogP contribution in [0, 0.1) is 5.92 Å². The van der Waals surface area contributed by atoms with Crippen molar-refractivity contribution in [3.05, 3.63) is 17.8 Å². The molecule has 0 aromatic carbocycles. The number of hydrogen-bond acceptors (Lipinski definition) is 5. The van der Waals surface area contributed by atoms with Gasteiger partial charge in [0.05, 0.1) is 18.9 Å².